The maximum absolute atomic E-state index is 9.48. The van der Waals surface area contributed by atoms with Gasteiger partial charge in [0.05, 0.1) is 17.7 Å². The molecule has 0 aromatic heterocycles. The van der Waals surface area contributed by atoms with Crippen LogP contribution in [-0.2, 0) is 0 Å². The Morgan fingerprint density at radius 1 is 1.41 bits per heavy atom. The lowest BCUT2D eigenvalue weighted by Crippen LogP contribution is -2.40. The van der Waals surface area contributed by atoms with Crippen molar-refractivity contribution >= 4 is 21.6 Å². The fourth-order valence-corrected chi connectivity index (χ4v) is 2.15. The number of aliphatic hydroxyl groups is 1. The molecule has 0 aliphatic carbocycles. The van der Waals surface area contributed by atoms with Crippen molar-refractivity contribution in [3.63, 3.8) is 0 Å². The molecule has 92 valence electrons. The first-order valence-corrected chi connectivity index (χ1v) is 6.48. The summed E-state index contributed by atoms with van der Waals surface area (Å²) >= 11 is 3.36. The molecule has 0 spiro atoms. The van der Waals surface area contributed by atoms with Crippen LogP contribution in [-0.4, -0.2) is 17.3 Å². The van der Waals surface area contributed by atoms with Gasteiger partial charge in [-0.15, -0.1) is 0 Å². The molecule has 4 heteroatoms. The van der Waals surface area contributed by atoms with Crippen LogP contribution in [0, 0.1) is 11.3 Å². The molecule has 2 N–H and O–H groups in total. The molecule has 1 aromatic carbocycles. The molecule has 0 heterocycles. The molecule has 0 fully saturated rings. The van der Waals surface area contributed by atoms with Crippen LogP contribution in [0.3, 0.4) is 0 Å². The number of nitriles is 1. The van der Waals surface area contributed by atoms with Gasteiger partial charge >= 0.3 is 0 Å². The summed E-state index contributed by atoms with van der Waals surface area (Å²) in [5.41, 5.74) is 1.24. The first kappa shape index (κ1) is 14.0. The van der Waals surface area contributed by atoms with Crippen LogP contribution in [0.5, 0.6) is 0 Å². The highest BCUT2D eigenvalue weighted by atomic mass is 79.9. The van der Waals surface area contributed by atoms with Gasteiger partial charge in [-0.1, -0.05) is 13.8 Å². The highest BCUT2D eigenvalue weighted by Gasteiger charge is 2.24. The Labute approximate surface area is 111 Å². The van der Waals surface area contributed by atoms with E-state index >= 15 is 0 Å². The minimum absolute atomic E-state index is 0.0949. The van der Waals surface area contributed by atoms with Gasteiger partial charge in [0.1, 0.15) is 6.07 Å². The average molecular weight is 297 g/mol. The van der Waals surface area contributed by atoms with E-state index in [-0.39, 0.29) is 12.1 Å². The Balaban J connectivity index is 2.95. The predicted molar refractivity (Wildman–Crippen MR) is 72.9 cm³/mol. The van der Waals surface area contributed by atoms with E-state index in [9.17, 15) is 5.11 Å². The highest BCUT2D eigenvalue weighted by molar-refractivity contribution is 9.10. The fraction of sp³-hybridized carbons (Fsp3) is 0.462. The van der Waals surface area contributed by atoms with Gasteiger partial charge in [-0.2, -0.15) is 5.26 Å². The molecular weight excluding hydrogens is 280 g/mol. The quantitative estimate of drug-likeness (QED) is 0.877. The van der Waals surface area contributed by atoms with Crippen LogP contribution in [0.4, 0.5) is 5.69 Å². The van der Waals surface area contributed by atoms with E-state index in [1.165, 1.54) is 0 Å². The van der Waals surface area contributed by atoms with E-state index in [2.05, 4.69) is 27.3 Å². The van der Waals surface area contributed by atoms with Crippen LogP contribution < -0.4 is 5.32 Å². The number of nitrogens with one attached hydrogen (secondary N) is 1. The maximum atomic E-state index is 9.48. The standard InChI is InChI=1S/C13H17BrN2O/c1-3-13(4-2,9-17)16-11-6-5-10(8-15)12(14)7-11/h5-7,16-17H,3-4,9H2,1-2H3. The number of anilines is 1. The molecular formula is C13H17BrN2O. The molecule has 0 aliphatic heterocycles. The lowest BCUT2D eigenvalue weighted by atomic mass is 9.93. The highest BCUT2D eigenvalue weighted by Crippen LogP contribution is 2.26. The van der Waals surface area contributed by atoms with Crippen LogP contribution in [0.1, 0.15) is 32.3 Å². The van der Waals surface area contributed by atoms with Gasteiger partial charge in [0, 0.05) is 10.2 Å². The molecule has 0 bridgehead atoms. The lowest BCUT2D eigenvalue weighted by molar-refractivity contribution is 0.202. The molecule has 1 rings (SSSR count). The minimum Gasteiger partial charge on any atom is -0.394 e. The third-order valence-electron chi connectivity index (χ3n) is 3.16. The average Bonchev–Trinajstić information content (AvgIpc) is 2.36. The number of aliphatic hydroxyl groups excluding tert-OH is 1. The Morgan fingerprint density at radius 3 is 2.47 bits per heavy atom. The zero-order valence-electron chi connectivity index (χ0n) is 10.1. The van der Waals surface area contributed by atoms with Crippen molar-refractivity contribution in [3.05, 3.63) is 28.2 Å². The van der Waals surface area contributed by atoms with Crippen LogP contribution in [0.2, 0.25) is 0 Å². The summed E-state index contributed by atoms with van der Waals surface area (Å²) < 4.78 is 0.768. The summed E-state index contributed by atoms with van der Waals surface area (Å²) in [4.78, 5) is 0. The van der Waals surface area contributed by atoms with E-state index in [1.807, 2.05) is 26.0 Å². The summed E-state index contributed by atoms with van der Waals surface area (Å²) in [6.45, 7) is 4.19. The summed E-state index contributed by atoms with van der Waals surface area (Å²) in [6, 6.07) is 7.60. The van der Waals surface area contributed by atoms with Crippen LogP contribution in [0.25, 0.3) is 0 Å². The summed E-state index contributed by atoms with van der Waals surface area (Å²) in [6.07, 6.45) is 1.69. The molecule has 17 heavy (non-hydrogen) atoms. The molecule has 1 aromatic rings. The Bertz CT molecular complexity index is 414. The van der Waals surface area contributed by atoms with Crippen molar-refractivity contribution < 1.29 is 5.11 Å². The third-order valence-corrected chi connectivity index (χ3v) is 3.81. The number of hydrogen-bond donors (Lipinski definition) is 2. The van der Waals surface area contributed by atoms with E-state index in [0.717, 1.165) is 23.0 Å². The Hall–Kier alpha value is -1.05. The van der Waals surface area contributed by atoms with E-state index < -0.39 is 0 Å². The number of halogens is 1. The van der Waals surface area contributed by atoms with Crippen LogP contribution >= 0.6 is 15.9 Å². The zero-order chi connectivity index (χ0) is 12.9. The first-order chi connectivity index (χ1) is 8.10. The Morgan fingerprint density at radius 2 is 2.06 bits per heavy atom. The van der Waals surface area contributed by atoms with Gasteiger partial charge in [-0.05, 0) is 47.0 Å². The smallest absolute Gasteiger partial charge is 0.100 e. The van der Waals surface area contributed by atoms with Gasteiger partial charge in [0.15, 0.2) is 0 Å². The van der Waals surface area contributed by atoms with Crippen molar-refractivity contribution in [1.29, 1.82) is 5.26 Å². The van der Waals surface area contributed by atoms with Gasteiger partial charge in [-0.25, -0.2) is 0 Å². The monoisotopic (exact) mass is 296 g/mol. The normalized spacial score (nSPS) is 11.0. The summed E-state index contributed by atoms with van der Waals surface area (Å²) in [5.74, 6) is 0. The van der Waals surface area contributed by atoms with Gasteiger partial charge in [-0.3, -0.25) is 0 Å². The molecule has 0 aliphatic rings. The van der Waals surface area contributed by atoms with Gasteiger partial charge < -0.3 is 10.4 Å². The maximum Gasteiger partial charge on any atom is 0.100 e. The molecule has 0 radical (unpaired) electrons. The lowest BCUT2D eigenvalue weighted by Gasteiger charge is -2.32. The predicted octanol–water partition coefficient (Wildman–Crippen LogP) is 3.28. The van der Waals surface area contributed by atoms with Crippen molar-refractivity contribution in [2.24, 2.45) is 0 Å². The van der Waals surface area contributed by atoms with Crippen molar-refractivity contribution in [3.8, 4) is 6.07 Å². The van der Waals surface area contributed by atoms with E-state index in [4.69, 9.17) is 5.26 Å². The third kappa shape index (κ3) is 3.21. The molecule has 0 unspecified atom stereocenters. The van der Waals surface area contributed by atoms with Crippen molar-refractivity contribution in [1.82, 2.24) is 0 Å². The first-order valence-electron chi connectivity index (χ1n) is 5.69. The topological polar surface area (TPSA) is 56.0 Å². The second-order valence-corrected chi connectivity index (χ2v) is 4.93. The number of hydrogen-bond acceptors (Lipinski definition) is 3. The largest absolute Gasteiger partial charge is 0.394 e. The summed E-state index contributed by atoms with van der Waals surface area (Å²) in [7, 11) is 0. The molecule has 0 saturated heterocycles. The second-order valence-electron chi connectivity index (χ2n) is 4.08. The molecule has 0 saturated carbocycles. The number of benzene rings is 1. The van der Waals surface area contributed by atoms with Crippen LogP contribution in [0.15, 0.2) is 22.7 Å². The summed E-state index contributed by atoms with van der Waals surface area (Å²) in [5, 5.41) is 21.7. The minimum atomic E-state index is -0.284. The molecule has 3 nitrogen and oxygen atoms in total. The molecule has 0 amide bonds. The Kier molecular flexibility index (Phi) is 4.98. The number of rotatable bonds is 5. The second kappa shape index (κ2) is 6.04. The van der Waals surface area contributed by atoms with E-state index in [0.29, 0.717) is 5.56 Å². The molecule has 0 atom stereocenters. The van der Waals surface area contributed by atoms with Gasteiger partial charge in [0.25, 0.3) is 0 Å². The van der Waals surface area contributed by atoms with E-state index in [1.54, 1.807) is 6.07 Å². The SMILES string of the molecule is CCC(CC)(CO)Nc1ccc(C#N)c(Br)c1. The van der Waals surface area contributed by atoms with Gasteiger partial charge in [0.2, 0.25) is 0 Å². The fourth-order valence-electron chi connectivity index (χ4n) is 1.68. The van der Waals surface area contributed by atoms with Crippen molar-refractivity contribution in [2.75, 3.05) is 11.9 Å². The number of nitrogens with zero attached hydrogens (tertiary/aromatic N) is 1. The van der Waals surface area contributed by atoms with Crippen molar-refractivity contribution in [2.45, 2.75) is 32.2 Å². The zero-order valence-corrected chi connectivity index (χ0v) is 11.7.